The molecule has 27 heavy (non-hydrogen) atoms. The van der Waals surface area contributed by atoms with Gasteiger partial charge in [-0.1, -0.05) is 35.5 Å². The first-order chi connectivity index (χ1) is 13.2. The molecular formula is C21H17FN4O. The Morgan fingerprint density at radius 1 is 0.889 bits per heavy atom. The molecule has 0 saturated carbocycles. The molecule has 0 radical (unpaired) electrons. The van der Waals surface area contributed by atoms with E-state index in [0.717, 1.165) is 22.4 Å². The third kappa shape index (κ3) is 4.00. The number of nitrogens with zero attached hydrogens (tertiary/aromatic N) is 3. The molecule has 6 heteroatoms. The molecule has 0 bridgehead atoms. The van der Waals surface area contributed by atoms with Crippen LogP contribution in [0.1, 0.15) is 22.5 Å². The highest BCUT2D eigenvalue weighted by Crippen LogP contribution is 2.25. The van der Waals surface area contributed by atoms with E-state index in [9.17, 15) is 4.39 Å². The molecule has 0 atom stereocenters. The van der Waals surface area contributed by atoms with E-state index in [-0.39, 0.29) is 0 Å². The number of pyridine rings is 2. The molecule has 2 N–H and O–H groups in total. The average Bonchev–Trinajstić information content (AvgIpc) is 3.12. The van der Waals surface area contributed by atoms with Crippen LogP contribution in [0, 0.1) is 5.95 Å². The summed E-state index contributed by atoms with van der Waals surface area (Å²) in [5.74, 6) is 0.556. The van der Waals surface area contributed by atoms with Crippen LogP contribution in [-0.4, -0.2) is 15.1 Å². The second-order valence-corrected chi connectivity index (χ2v) is 6.24. The molecule has 0 spiro atoms. The van der Waals surface area contributed by atoms with Crippen LogP contribution in [0.4, 0.5) is 10.2 Å². The molecule has 5 nitrogen and oxygen atoms in total. The van der Waals surface area contributed by atoms with Crippen LogP contribution < -0.4 is 5.73 Å². The molecule has 134 valence electrons. The van der Waals surface area contributed by atoms with Gasteiger partial charge in [0.05, 0.1) is 11.3 Å². The lowest BCUT2D eigenvalue weighted by Crippen LogP contribution is -1.95. The maximum Gasteiger partial charge on any atom is 0.213 e. The van der Waals surface area contributed by atoms with Crippen molar-refractivity contribution in [3.05, 3.63) is 95.3 Å². The Balaban J connectivity index is 1.45. The van der Waals surface area contributed by atoms with Gasteiger partial charge in [-0.25, -0.2) is 9.97 Å². The second kappa shape index (κ2) is 7.37. The monoisotopic (exact) mass is 360 g/mol. The van der Waals surface area contributed by atoms with Gasteiger partial charge >= 0.3 is 0 Å². The maximum atomic E-state index is 13.2. The van der Waals surface area contributed by atoms with Gasteiger partial charge in [0.1, 0.15) is 5.82 Å². The first-order valence-electron chi connectivity index (χ1n) is 8.53. The van der Waals surface area contributed by atoms with Gasteiger partial charge in [-0.15, -0.1) is 0 Å². The third-order valence-electron chi connectivity index (χ3n) is 4.23. The summed E-state index contributed by atoms with van der Waals surface area (Å²) in [6.45, 7) is 0. The van der Waals surface area contributed by atoms with E-state index in [1.54, 1.807) is 18.3 Å². The van der Waals surface area contributed by atoms with Crippen LogP contribution in [-0.2, 0) is 12.8 Å². The van der Waals surface area contributed by atoms with Crippen molar-refractivity contribution >= 4 is 5.82 Å². The summed E-state index contributed by atoms with van der Waals surface area (Å²) in [6.07, 6.45) is 2.87. The fourth-order valence-corrected chi connectivity index (χ4v) is 2.89. The van der Waals surface area contributed by atoms with Crippen molar-refractivity contribution < 1.29 is 8.91 Å². The number of halogens is 1. The van der Waals surface area contributed by atoms with Crippen molar-refractivity contribution in [3.8, 4) is 11.3 Å². The molecule has 0 aliphatic carbocycles. The summed E-state index contributed by atoms with van der Waals surface area (Å²) in [7, 11) is 0. The van der Waals surface area contributed by atoms with Crippen molar-refractivity contribution in [2.75, 3.05) is 5.73 Å². The van der Waals surface area contributed by atoms with Gasteiger partial charge in [0, 0.05) is 30.8 Å². The zero-order chi connectivity index (χ0) is 18.6. The molecule has 0 aliphatic rings. The first-order valence-corrected chi connectivity index (χ1v) is 8.53. The van der Waals surface area contributed by atoms with Crippen molar-refractivity contribution in [1.82, 2.24) is 15.1 Å². The molecule has 0 unspecified atom stereocenters. The van der Waals surface area contributed by atoms with E-state index >= 15 is 0 Å². The van der Waals surface area contributed by atoms with E-state index in [1.165, 1.54) is 6.07 Å². The summed E-state index contributed by atoms with van der Waals surface area (Å²) in [5.41, 5.74) is 10.3. The molecule has 3 aromatic heterocycles. The largest absolute Gasteiger partial charge is 0.383 e. The highest BCUT2D eigenvalue weighted by Gasteiger charge is 2.10. The fourth-order valence-electron chi connectivity index (χ4n) is 2.89. The van der Waals surface area contributed by atoms with Crippen molar-refractivity contribution in [2.45, 2.75) is 12.8 Å². The minimum absolute atomic E-state index is 0.413. The van der Waals surface area contributed by atoms with Crippen LogP contribution in [0.5, 0.6) is 0 Å². The SMILES string of the molecule is Nc1ncccc1-c1cc(Cc2ccc(Cc3cccc(F)n3)cc2)no1. The van der Waals surface area contributed by atoms with Gasteiger partial charge in [0.25, 0.3) is 0 Å². The minimum atomic E-state index is -0.458. The van der Waals surface area contributed by atoms with Crippen LogP contribution in [0.2, 0.25) is 0 Å². The van der Waals surface area contributed by atoms with Crippen LogP contribution in [0.3, 0.4) is 0 Å². The molecular weight excluding hydrogens is 343 g/mol. The minimum Gasteiger partial charge on any atom is -0.383 e. The molecule has 1 aromatic carbocycles. The number of hydrogen-bond donors (Lipinski definition) is 1. The zero-order valence-electron chi connectivity index (χ0n) is 14.5. The summed E-state index contributed by atoms with van der Waals surface area (Å²) in [4.78, 5) is 7.95. The summed E-state index contributed by atoms with van der Waals surface area (Å²) < 4.78 is 18.6. The lowest BCUT2D eigenvalue weighted by Gasteiger charge is -2.03. The summed E-state index contributed by atoms with van der Waals surface area (Å²) in [6, 6.07) is 18.5. The second-order valence-electron chi connectivity index (χ2n) is 6.24. The van der Waals surface area contributed by atoms with E-state index in [4.69, 9.17) is 10.3 Å². The standard InChI is InChI=1S/C21H17FN4O/c22-20-5-1-3-16(25-20)11-14-6-8-15(9-7-14)12-17-13-19(27-26-17)18-4-2-10-24-21(18)23/h1-10,13H,11-12H2,(H2,23,24). The Morgan fingerprint density at radius 3 is 2.33 bits per heavy atom. The predicted molar refractivity (Wildman–Crippen MR) is 100 cm³/mol. The van der Waals surface area contributed by atoms with Gasteiger partial charge in [-0.05, 0) is 35.4 Å². The predicted octanol–water partition coefficient (Wildman–Crippen LogP) is 4.03. The Hall–Kier alpha value is -3.54. The Morgan fingerprint density at radius 2 is 1.63 bits per heavy atom. The Labute approximate surface area is 155 Å². The number of anilines is 1. The van der Waals surface area contributed by atoms with Crippen molar-refractivity contribution in [3.63, 3.8) is 0 Å². The number of hydrogen-bond acceptors (Lipinski definition) is 5. The number of nitrogens with two attached hydrogens (primary N) is 1. The van der Waals surface area contributed by atoms with Crippen molar-refractivity contribution in [1.29, 1.82) is 0 Å². The number of rotatable bonds is 5. The lowest BCUT2D eigenvalue weighted by atomic mass is 10.0. The first kappa shape index (κ1) is 16.9. The number of aromatic nitrogens is 3. The molecule has 0 saturated heterocycles. The summed E-state index contributed by atoms with van der Waals surface area (Å²) >= 11 is 0. The van der Waals surface area contributed by atoms with E-state index in [1.807, 2.05) is 42.5 Å². The maximum absolute atomic E-state index is 13.2. The van der Waals surface area contributed by atoms with E-state index < -0.39 is 5.95 Å². The lowest BCUT2D eigenvalue weighted by molar-refractivity contribution is 0.425. The normalized spacial score (nSPS) is 10.9. The van der Waals surface area contributed by atoms with Gasteiger partial charge < -0.3 is 10.3 Å². The number of nitrogen functional groups attached to an aromatic ring is 1. The molecule has 0 amide bonds. The Bertz CT molecular complexity index is 1060. The van der Waals surface area contributed by atoms with Gasteiger partial charge in [-0.2, -0.15) is 4.39 Å². The highest BCUT2D eigenvalue weighted by molar-refractivity contribution is 5.69. The smallest absolute Gasteiger partial charge is 0.213 e. The average molecular weight is 360 g/mol. The fraction of sp³-hybridized carbons (Fsp3) is 0.0952. The van der Waals surface area contributed by atoms with E-state index in [2.05, 4.69) is 15.1 Å². The molecule has 4 aromatic rings. The van der Waals surface area contributed by atoms with Gasteiger partial charge in [0.2, 0.25) is 5.95 Å². The molecule has 3 heterocycles. The molecule has 0 fully saturated rings. The van der Waals surface area contributed by atoms with Crippen LogP contribution >= 0.6 is 0 Å². The summed E-state index contributed by atoms with van der Waals surface area (Å²) in [5, 5.41) is 4.12. The van der Waals surface area contributed by atoms with Crippen LogP contribution in [0.25, 0.3) is 11.3 Å². The topological polar surface area (TPSA) is 77.8 Å². The third-order valence-corrected chi connectivity index (χ3v) is 4.23. The zero-order valence-corrected chi connectivity index (χ0v) is 14.5. The van der Waals surface area contributed by atoms with Crippen LogP contribution in [0.15, 0.2) is 71.4 Å². The number of benzene rings is 1. The molecule has 4 rings (SSSR count). The van der Waals surface area contributed by atoms with Gasteiger partial charge in [-0.3, -0.25) is 0 Å². The Kier molecular flexibility index (Phi) is 4.61. The highest BCUT2D eigenvalue weighted by atomic mass is 19.1. The van der Waals surface area contributed by atoms with E-state index in [0.29, 0.717) is 30.1 Å². The molecule has 0 aliphatic heterocycles. The van der Waals surface area contributed by atoms with Crippen molar-refractivity contribution in [2.24, 2.45) is 0 Å². The quantitative estimate of drug-likeness (QED) is 0.544. The van der Waals surface area contributed by atoms with Gasteiger partial charge in [0.15, 0.2) is 5.76 Å².